The summed E-state index contributed by atoms with van der Waals surface area (Å²) in [5.41, 5.74) is 0.692. The smallest absolute Gasteiger partial charge is 0.412 e. The number of amides is 1. The Bertz CT molecular complexity index is 396. The third-order valence-corrected chi connectivity index (χ3v) is 2.54. The van der Waals surface area contributed by atoms with E-state index < -0.39 is 11.9 Å². The highest BCUT2D eigenvalue weighted by molar-refractivity contribution is 5.84. The number of carbonyl (C=O) groups is 1. The molecule has 94 valence electrons. The van der Waals surface area contributed by atoms with Crippen molar-refractivity contribution in [3.05, 3.63) is 23.6 Å². The van der Waals surface area contributed by atoms with E-state index in [1.807, 2.05) is 6.92 Å². The molecule has 4 nitrogen and oxygen atoms in total. The van der Waals surface area contributed by atoms with E-state index in [4.69, 9.17) is 0 Å². The van der Waals surface area contributed by atoms with E-state index in [2.05, 4.69) is 22.0 Å². The largest absolute Gasteiger partial charge is 0.453 e. The highest BCUT2D eigenvalue weighted by Gasteiger charge is 2.14. The van der Waals surface area contributed by atoms with E-state index in [0.717, 1.165) is 19.0 Å². The van der Waals surface area contributed by atoms with Gasteiger partial charge in [-0.15, -0.1) is 0 Å². The van der Waals surface area contributed by atoms with Crippen LogP contribution in [0.3, 0.4) is 0 Å². The van der Waals surface area contributed by atoms with Gasteiger partial charge in [-0.1, -0.05) is 20.3 Å². The number of aromatic nitrogens is 1. The van der Waals surface area contributed by atoms with Crippen LogP contribution in [0.4, 0.5) is 15.0 Å². The second-order valence-corrected chi connectivity index (χ2v) is 3.90. The van der Waals surface area contributed by atoms with Crippen molar-refractivity contribution in [3.8, 4) is 0 Å². The lowest BCUT2D eigenvalue weighted by molar-refractivity contribution is 0.186. The zero-order valence-corrected chi connectivity index (χ0v) is 10.3. The SMILES string of the molecule is CCCC(C)c1cc(F)cnc1NC(=O)OC. The van der Waals surface area contributed by atoms with Crippen LogP contribution in [0, 0.1) is 5.82 Å². The summed E-state index contributed by atoms with van der Waals surface area (Å²) in [5, 5.41) is 2.49. The number of anilines is 1. The first-order chi connectivity index (χ1) is 8.08. The summed E-state index contributed by atoms with van der Waals surface area (Å²) < 4.78 is 17.7. The Kier molecular flexibility index (Phi) is 4.87. The number of methoxy groups -OCH3 is 1. The van der Waals surface area contributed by atoms with Crippen molar-refractivity contribution in [3.63, 3.8) is 0 Å². The molecule has 1 N–H and O–H groups in total. The molecule has 1 aromatic rings. The maximum Gasteiger partial charge on any atom is 0.412 e. The van der Waals surface area contributed by atoms with Crippen molar-refractivity contribution in [2.24, 2.45) is 0 Å². The number of rotatable bonds is 4. The number of hydrogen-bond donors (Lipinski definition) is 1. The molecule has 1 heterocycles. The maximum atomic E-state index is 13.2. The molecule has 0 bridgehead atoms. The van der Waals surface area contributed by atoms with Crippen LogP contribution in [0.5, 0.6) is 0 Å². The summed E-state index contributed by atoms with van der Waals surface area (Å²) in [5.74, 6) is 0.0907. The number of hydrogen-bond acceptors (Lipinski definition) is 3. The Balaban J connectivity index is 2.98. The van der Waals surface area contributed by atoms with Crippen molar-refractivity contribution in [2.45, 2.75) is 32.6 Å². The standard InChI is InChI=1S/C12H17FN2O2/c1-4-5-8(2)10-6-9(13)7-14-11(10)15-12(16)17-3/h6-8H,4-5H2,1-3H3,(H,14,15,16). The van der Waals surface area contributed by atoms with Crippen LogP contribution in [0.15, 0.2) is 12.3 Å². The molecule has 5 heteroatoms. The zero-order valence-electron chi connectivity index (χ0n) is 10.3. The Morgan fingerprint density at radius 1 is 1.65 bits per heavy atom. The summed E-state index contributed by atoms with van der Waals surface area (Å²) in [6.07, 6.45) is 2.36. The van der Waals surface area contributed by atoms with Crippen molar-refractivity contribution < 1.29 is 13.9 Å². The van der Waals surface area contributed by atoms with Crippen LogP contribution >= 0.6 is 0 Å². The third kappa shape index (κ3) is 3.69. The van der Waals surface area contributed by atoms with Crippen molar-refractivity contribution in [1.29, 1.82) is 0 Å². The average Bonchev–Trinajstić information content (AvgIpc) is 2.31. The zero-order chi connectivity index (χ0) is 12.8. The fraction of sp³-hybridized carbons (Fsp3) is 0.500. The number of ether oxygens (including phenoxy) is 1. The van der Waals surface area contributed by atoms with Crippen LogP contribution in [-0.2, 0) is 4.74 Å². The van der Waals surface area contributed by atoms with Gasteiger partial charge in [0.1, 0.15) is 11.6 Å². The fourth-order valence-corrected chi connectivity index (χ4v) is 1.67. The van der Waals surface area contributed by atoms with E-state index >= 15 is 0 Å². The van der Waals surface area contributed by atoms with Crippen LogP contribution in [0.2, 0.25) is 0 Å². The summed E-state index contributed by atoms with van der Waals surface area (Å²) in [6, 6.07) is 1.40. The van der Waals surface area contributed by atoms with Gasteiger partial charge < -0.3 is 4.74 Å². The van der Waals surface area contributed by atoms with Crippen molar-refractivity contribution >= 4 is 11.9 Å². The molecule has 1 aromatic heterocycles. The summed E-state index contributed by atoms with van der Waals surface area (Å²) in [7, 11) is 1.27. The first-order valence-electron chi connectivity index (χ1n) is 5.58. The van der Waals surface area contributed by atoms with E-state index in [1.165, 1.54) is 13.2 Å². The molecule has 0 spiro atoms. The molecule has 17 heavy (non-hydrogen) atoms. The van der Waals surface area contributed by atoms with Gasteiger partial charge >= 0.3 is 6.09 Å². The minimum absolute atomic E-state index is 0.135. The van der Waals surface area contributed by atoms with Gasteiger partial charge in [0.15, 0.2) is 0 Å². The molecule has 1 unspecified atom stereocenters. The van der Waals surface area contributed by atoms with Gasteiger partial charge in [0.05, 0.1) is 13.3 Å². The highest BCUT2D eigenvalue weighted by atomic mass is 19.1. The minimum Gasteiger partial charge on any atom is -0.453 e. The molecule has 0 radical (unpaired) electrons. The Morgan fingerprint density at radius 3 is 2.94 bits per heavy atom. The van der Waals surface area contributed by atoms with Gasteiger partial charge in [-0.2, -0.15) is 0 Å². The quantitative estimate of drug-likeness (QED) is 0.878. The Labute approximate surface area is 100 Å². The van der Waals surface area contributed by atoms with Gasteiger partial charge in [0.2, 0.25) is 0 Å². The molecule has 0 saturated heterocycles. The number of nitrogens with one attached hydrogen (secondary N) is 1. The lowest BCUT2D eigenvalue weighted by atomic mass is 9.97. The third-order valence-electron chi connectivity index (χ3n) is 2.54. The van der Waals surface area contributed by atoms with Gasteiger partial charge in [0, 0.05) is 5.56 Å². The predicted octanol–water partition coefficient (Wildman–Crippen LogP) is 3.30. The minimum atomic E-state index is -0.603. The second kappa shape index (κ2) is 6.18. The molecular formula is C12H17FN2O2. The lowest BCUT2D eigenvalue weighted by Crippen LogP contribution is -2.15. The first-order valence-corrected chi connectivity index (χ1v) is 5.58. The maximum absolute atomic E-state index is 13.2. The summed E-state index contributed by atoms with van der Waals surface area (Å²) >= 11 is 0. The molecule has 0 aliphatic carbocycles. The first kappa shape index (κ1) is 13.4. The number of pyridine rings is 1. The van der Waals surface area contributed by atoms with Crippen molar-refractivity contribution in [1.82, 2.24) is 4.98 Å². The predicted molar refractivity (Wildman–Crippen MR) is 63.5 cm³/mol. The average molecular weight is 240 g/mol. The number of halogens is 1. The van der Waals surface area contributed by atoms with Crippen LogP contribution in [-0.4, -0.2) is 18.2 Å². The Hall–Kier alpha value is -1.65. The van der Waals surface area contributed by atoms with E-state index in [0.29, 0.717) is 11.4 Å². The second-order valence-electron chi connectivity index (χ2n) is 3.90. The fourth-order valence-electron chi connectivity index (χ4n) is 1.67. The summed E-state index contributed by atoms with van der Waals surface area (Å²) in [6.45, 7) is 4.03. The molecular weight excluding hydrogens is 223 g/mol. The normalized spacial score (nSPS) is 12.0. The van der Waals surface area contributed by atoms with Crippen LogP contribution < -0.4 is 5.32 Å². The van der Waals surface area contributed by atoms with Gasteiger partial charge in [-0.05, 0) is 18.4 Å². The molecule has 0 aliphatic heterocycles. The van der Waals surface area contributed by atoms with Gasteiger partial charge in [-0.25, -0.2) is 14.2 Å². The van der Waals surface area contributed by atoms with E-state index in [-0.39, 0.29) is 5.92 Å². The lowest BCUT2D eigenvalue weighted by Gasteiger charge is -2.15. The number of nitrogens with zero attached hydrogens (tertiary/aromatic N) is 1. The van der Waals surface area contributed by atoms with Gasteiger partial charge in [-0.3, -0.25) is 5.32 Å². The molecule has 1 atom stereocenters. The van der Waals surface area contributed by atoms with Gasteiger partial charge in [0.25, 0.3) is 0 Å². The number of carbonyl (C=O) groups excluding carboxylic acids is 1. The van der Waals surface area contributed by atoms with Crippen LogP contribution in [0.1, 0.15) is 38.2 Å². The Morgan fingerprint density at radius 2 is 2.35 bits per heavy atom. The summed E-state index contributed by atoms with van der Waals surface area (Å²) in [4.78, 5) is 15.0. The monoisotopic (exact) mass is 240 g/mol. The van der Waals surface area contributed by atoms with E-state index in [9.17, 15) is 9.18 Å². The van der Waals surface area contributed by atoms with Crippen molar-refractivity contribution in [2.75, 3.05) is 12.4 Å². The van der Waals surface area contributed by atoms with E-state index in [1.54, 1.807) is 0 Å². The molecule has 1 amide bonds. The highest BCUT2D eigenvalue weighted by Crippen LogP contribution is 2.26. The van der Waals surface area contributed by atoms with Crippen LogP contribution in [0.25, 0.3) is 0 Å². The molecule has 0 aromatic carbocycles. The topological polar surface area (TPSA) is 51.2 Å². The molecule has 0 saturated carbocycles. The molecule has 0 fully saturated rings. The molecule has 0 aliphatic rings. The molecule has 1 rings (SSSR count).